The fourth-order valence-electron chi connectivity index (χ4n) is 2.15. The van der Waals surface area contributed by atoms with Crippen LogP contribution in [0.5, 0.6) is 0 Å². The molecule has 1 aromatic carbocycles. The Kier molecular flexibility index (Phi) is 2.41. The number of imidazole rings is 1. The first-order valence-corrected chi connectivity index (χ1v) is 6.41. The molecule has 0 radical (unpaired) electrons. The van der Waals surface area contributed by atoms with Gasteiger partial charge < -0.3 is 4.98 Å². The van der Waals surface area contributed by atoms with Crippen LogP contribution in [0.2, 0.25) is 0 Å². The smallest absolute Gasteiger partial charge is 0.166 e. The van der Waals surface area contributed by atoms with Crippen LogP contribution in [0.1, 0.15) is 25.7 Å². The van der Waals surface area contributed by atoms with E-state index in [1.54, 1.807) is 0 Å². The van der Waals surface area contributed by atoms with E-state index in [4.69, 9.17) is 0 Å². The zero-order chi connectivity index (χ0) is 10.1. The van der Waals surface area contributed by atoms with Gasteiger partial charge in [0, 0.05) is 5.25 Å². The highest BCUT2D eigenvalue weighted by Crippen LogP contribution is 2.33. The molecule has 0 amide bonds. The summed E-state index contributed by atoms with van der Waals surface area (Å²) in [6, 6.07) is 8.23. The van der Waals surface area contributed by atoms with E-state index in [2.05, 4.69) is 22.1 Å². The highest BCUT2D eigenvalue weighted by atomic mass is 32.2. The second kappa shape index (κ2) is 3.89. The van der Waals surface area contributed by atoms with E-state index in [0.29, 0.717) is 0 Å². The summed E-state index contributed by atoms with van der Waals surface area (Å²) in [4.78, 5) is 7.96. The minimum Gasteiger partial charge on any atom is -0.333 e. The van der Waals surface area contributed by atoms with Crippen molar-refractivity contribution in [2.24, 2.45) is 0 Å². The van der Waals surface area contributed by atoms with Crippen LogP contribution in [-0.4, -0.2) is 15.2 Å². The highest BCUT2D eigenvalue weighted by molar-refractivity contribution is 7.99. The standard InChI is InChI=1S/C12H14N2S/c1-2-6-9(5-1)15-12-13-10-7-3-4-8-11(10)14-12/h3-4,7-9H,1-2,5-6H2,(H,13,14). The van der Waals surface area contributed by atoms with Crippen molar-refractivity contribution in [1.82, 2.24) is 9.97 Å². The summed E-state index contributed by atoms with van der Waals surface area (Å²) in [5, 5.41) is 1.87. The molecule has 1 aliphatic rings. The molecular formula is C12H14N2S. The van der Waals surface area contributed by atoms with Crippen LogP contribution in [-0.2, 0) is 0 Å². The number of hydrogen-bond acceptors (Lipinski definition) is 2. The zero-order valence-corrected chi connectivity index (χ0v) is 9.39. The Balaban J connectivity index is 1.84. The van der Waals surface area contributed by atoms with Crippen LogP contribution in [0.3, 0.4) is 0 Å². The maximum atomic E-state index is 4.58. The summed E-state index contributed by atoms with van der Waals surface area (Å²) < 4.78 is 0. The molecule has 1 fully saturated rings. The van der Waals surface area contributed by atoms with Crippen LogP contribution < -0.4 is 0 Å². The van der Waals surface area contributed by atoms with Gasteiger partial charge in [-0.3, -0.25) is 0 Å². The lowest BCUT2D eigenvalue weighted by atomic mass is 10.3. The molecule has 1 N–H and O–H groups in total. The molecular weight excluding hydrogens is 204 g/mol. The lowest BCUT2D eigenvalue weighted by molar-refractivity contribution is 0.886. The van der Waals surface area contributed by atoms with E-state index in [9.17, 15) is 0 Å². The Labute approximate surface area is 93.5 Å². The Bertz CT molecular complexity index is 424. The average molecular weight is 218 g/mol. The maximum Gasteiger partial charge on any atom is 0.166 e. The third-order valence-electron chi connectivity index (χ3n) is 2.95. The normalized spacial score (nSPS) is 17.6. The maximum absolute atomic E-state index is 4.58. The molecule has 1 aliphatic carbocycles. The third kappa shape index (κ3) is 1.88. The van der Waals surface area contributed by atoms with Crippen LogP contribution in [0.4, 0.5) is 0 Å². The molecule has 0 saturated heterocycles. The number of para-hydroxylation sites is 2. The SMILES string of the molecule is c1ccc2[nH]c(SC3CCCC3)nc2c1. The van der Waals surface area contributed by atoms with Crippen molar-refractivity contribution in [3.8, 4) is 0 Å². The van der Waals surface area contributed by atoms with E-state index in [0.717, 1.165) is 21.4 Å². The quantitative estimate of drug-likeness (QED) is 0.834. The van der Waals surface area contributed by atoms with E-state index in [1.807, 2.05) is 23.9 Å². The number of H-pyrrole nitrogens is 1. The third-order valence-corrected chi connectivity index (χ3v) is 4.17. The number of nitrogens with one attached hydrogen (secondary N) is 1. The molecule has 0 bridgehead atoms. The lowest BCUT2D eigenvalue weighted by Crippen LogP contribution is -1.93. The second-order valence-corrected chi connectivity index (χ2v) is 5.37. The van der Waals surface area contributed by atoms with Crippen LogP contribution in [0.15, 0.2) is 29.4 Å². The Morgan fingerprint density at radius 2 is 2.00 bits per heavy atom. The Morgan fingerprint density at radius 3 is 2.80 bits per heavy atom. The molecule has 0 atom stereocenters. The van der Waals surface area contributed by atoms with Crippen molar-refractivity contribution in [2.45, 2.75) is 36.1 Å². The Hall–Kier alpha value is -0.960. The average Bonchev–Trinajstić information content (AvgIpc) is 2.86. The minimum atomic E-state index is 0.783. The summed E-state index contributed by atoms with van der Waals surface area (Å²) in [6.07, 6.45) is 5.47. The molecule has 15 heavy (non-hydrogen) atoms. The minimum absolute atomic E-state index is 0.783. The number of fused-ring (bicyclic) bond motifs is 1. The molecule has 2 nitrogen and oxygen atoms in total. The molecule has 0 unspecified atom stereocenters. The number of benzene rings is 1. The van der Waals surface area contributed by atoms with Gasteiger partial charge in [0.2, 0.25) is 0 Å². The summed E-state index contributed by atoms with van der Waals surface area (Å²) in [7, 11) is 0. The Morgan fingerprint density at radius 1 is 1.20 bits per heavy atom. The van der Waals surface area contributed by atoms with Crippen molar-refractivity contribution < 1.29 is 0 Å². The van der Waals surface area contributed by atoms with Crippen LogP contribution in [0.25, 0.3) is 11.0 Å². The van der Waals surface area contributed by atoms with E-state index in [-0.39, 0.29) is 0 Å². The van der Waals surface area contributed by atoms with Gasteiger partial charge in [0.05, 0.1) is 11.0 Å². The first-order valence-electron chi connectivity index (χ1n) is 5.53. The van der Waals surface area contributed by atoms with Crippen molar-refractivity contribution in [2.75, 3.05) is 0 Å². The van der Waals surface area contributed by atoms with Crippen LogP contribution in [0, 0.1) is 0 Å². The van der Waals surface area contributed by atoms with Gasteiger partial charge in [-0.2, -0.15) is 0 Å². The number of rotatable bonds is 2. The number of aromatic amines is 1. The van der Waals surface area contributed by atoms with E-state index in [1.165, 1.54) is 25.7 Å². The molecule has 1 heterocycles. The van der Waals surface area contributed by atoms with Gasteiger partial charge in [-0.1, -0.05) is 36.7 Å². The van der Waals surface area contributed by atoms with Gasteiger partial charge in [-0.25, -0.2) is 4.98 Å². The van der Waals surface area contributed by atoms with Crippen molar-refractivity contribution in [3.63, 3.8) is 0 Å². The number of nitrogens with zero attached hydrogens (tertiary/aromatic N) is 1. The molecule has 78 valence electrons. The highest BCUT2D eigenvalue weighted by Gasteiger charge is 2.17. The predicted octanol–water partition coefficient (Wildman–Crippen LogP) is 3.60. The van der Waals surface area contributed by atoms with Gasteiger partial charge in [0.15, 0.2) is 5.16 Å². The molecule has 2 aromatic rings. The number of aromatic nitrogens is 2. The molecule has 3 rings (SSSR count). The summed E-state index contributed by atoms with van der Waals surface area (Å²) in [5.41, 5.74) is 2.23. The van der Waals surface area contributed by atoms with E-state index < -0.39 is 0 Å². The van der Waals surface area contributed by atoms with Crippen LogP contribution >= 0.6 is 11.8 Å². The first kappa shape index (κ1) is 9.28. The van der Waals surface area contributed by atoms with Gasteiger partial charge >= 0.3 is 0 Å². The predicted molar refractivity (Wildman–Crippen MR) is 64.2 cm³/mol. The molecule has 1 saturated carbocycles. The number of hydrogen-bond donors (Lipinski definition) is 1. The summed E-state index contributed by atoms with van der Waals surface area (Å²) in [5.74, 6) is 0. The van der Waals surface area contributed by atoms with E-state index >= 15 is 0 Å². The fraction of sp³-hybridized carbons (Fsp3) is 0.417. The molecule has 1 aromatic heterocycles. The molecule has 3 heteroatoms. The van der Waals surface area contributed by atoms with Crippen molar-refractivity contribution in [3.05, 3.63) is 24.3 Å². The fourth-order valence-corrected chi connectivity index (χ4v) is 3.35. The molecule has 0 aliphatic heterocycles. The molecule has 0 spiro atoms. The zero-order valence-electron chi connectivity index (χ0n) is 8.57. The largest absolute Gasteiger partial charge is 0.333 e. The number of thioether (sulfide) groups is 1. The first-order chi connectivity index (χ1) is 7.42. The van der Waals surface area contributed by atoms with Crippen molar-refractivity contribution >= 4 is 22.8 Å². The summed E-state index contributed by atoms with van der Waals surface area (Å²) >= 11 is 1.91. The monoisotopic (exact) mass is 218 g/mol. The van der Waals surface area contributed by atoms with Crippen molar-refractivity contribution in [1.29, 1.82) is 0 Å². The van der Waals surface area contributed by atoms with Gasteiger partial charge in [0.1, 0.15) is 0 Å². The summed E-state index contributed by atoms with van der Waals surface area (Å²) in [6.45, 7) is 0. The van der Waals surface area contributed by atoms with Gasteiger partial charge in [-0.15, -0.1) is 0 Å². The lowest BCUT2D eigenvalue weighted by Gasteiger charge is -2.03. The second-order valence-electron chi connectivity index (χ2n) is 4.08. The van der Waals surface area contributed by atoms with Gasteiger partial charge in [-0.05, 0) is 25.0 Å². The topological polar surface area (TPSA) is 28.7 Å². The van der Waals surface area contributed by atoms with Gasteiger partial charge in [0.25, 0.3) is 0 Å².